The van der Waals surface area contributed by atoms with Crippen molar-refractivity contribution in [1.82, 2.24) is 4.98 Å². The summed E-state index contributed by atoms with van der Waals surface area (Å²) < 4.78 is 0. The zero-order chi connectivity index (χ0) is 14.1. The molecule has 1 aliphatic rings. The molecule has 2 nitrogen and oxygen atoms in total. The van der Waals surface area contributed by atoms with Crippen LogP contribution in [0.15, 0.2) is 30.3 Å². The van der Waals surface area contributed by atoms with E-state index in [1.807, 2.05) is 13.0 Å². The van der Waals surface area contributed by atoms with Gasteiger partial charge in [0.05, 0.1) is 11.7 Å². The van der Waals surface area contributed by atoms with E-state index in [1.54, 1.807) is 0 Å². The van der Waals surface area contributed by atoms with Gasteiger partial charge in [-0.25, -0.2) is 4.98 Å². The van der Waals surface area contributed by atoms with Gasteiger partial charge in [0, 0.05) is 0 Å². The molecule has 4 heteroatoms. The van der Waals surface area contributed by atoms with Crippen molar-refractivity contribution in [3.63, 3.8) is 0 Å². The molecule has 1 aliphatic carbocycles. The number of nitrogens with zero attached hydrogens (tertiary/aromatic N) is 1. The number of fused-ring (bicyclic) bond motifs is 1. The van der Waals surface area contributed by atoms with Crippen molar-refractivity contribution in [1.29, 1.82) is 0 Å². The Balaban J connectivity index is 1.94. The van der Waals surface area contributed by atoms with E-state index in [9.17, 15) is 0 Å². The summed E-state index contributed by atoms with van der Waals surface area (Å²) in [6.45, 7) is 2.00. The molecule has 1 atom stereocenters. The lowest BCUT2D eigenvalue weighted by atomic mass is 9.87. The number of benzene rings is 1. The van der Waals surface area contributed by atoms with Crippen LogP contribution in [0.4, 0.5) is 5.69 Å². The minimum atomic E-state index is 0.291. The monoisotopic (exact) mass is 306 g/mol. The normalized spacial score (nSPS) is 17.6. The van der Waals surface area contributed by atoms with Crippen LogP contribution in [0.25, 0.3) is 0 Å². The number of halogens is 2. The Bertz CT molecular complexity index is 617. The van der Waals surface area contributed by atoms with Gasteiger partial charge >= 0.3 is 0 Å². The molecular formula is C16H16Cl2N2. The third-order valence-corrected chi connectivity index (χ3v) is 4.30. The summed E-state index contributed by atoms with van der Waals surface area (Å²) in [7, 11) is 0. The Morgan fingerprint density at radius 2 is 2.05 bits per heavy atom. The van der Waals surface area contributed by atoms with Crippen molar-refractivity contribution >= 4 is 28.9 Å². The highest BCUT2D eigenvalue weighted by atomic mass is 35.5. The first-order valence-electron chi connectivity index (χ1n) is 6.82. The summed E-state index contributed by atoms with van der Waals surface area (Å²) in [6.07, 6.45) is 3.45. The molecule has 0 spiro atoms. The van der Waals surface area contributed by atoms with Crippen molar-refractivity contribution in [3.05, 3.63) is 57.3 Å². The SMILES string of the molecule is Cc1cc(Cl)nc(Cl)c1NC1CCCc2ccccc21. The predicted octanol–water partition coefficient (Wildman–Crippen LogP) is 5.19. The summed E-state index contributed by atoms with van der Waals surface area (Å²) >= 11 is 12.1. The van der Waals surface area contributed by atoms with E-state index < -0.39 is 0 Å². The van der Waals surface area contributed by atoms with Crippen molar-refractivity contribution in [3.8, 4) is 0 Å². The number of hydrogen-bond acceptors (Lipinski definition) is 2. The van der Waals surface area contributed by atoms with Gasteiger partial charge in [0.15, 0.2) is 5.15 Å². The Morgan fingerprint density at radius 3 is 2.85 bits per heavy atom. The van der Waals surface area contributed by atoms with Crippen LogP contribution in [0, 0.1) is 6.92 Å². The summed E-state index contributed by atoms with van der Waals surface area (Å²) in [5.41, 5.74) is 4.70. The average molecular weight is 307 g/mol. The molecule has 0 radical (unpaired) electrons. The van der Waals surface area contributed by atoms with Gasteiger partial charge in [-0.05, 0) is 48.9 Å². The molecule has 0 amide bonds. The highest BCUT2D eigenvalue weighted by molar-refractivity contribution is 6.34. The van der Waals surface area contributed by atoms with Crippen molar-refractivity contribution in [2.45, 2.75) is 32.2 Å². The number of aryl methyl sites for hydroxylation is 2. The van der Waals surface area contributed by atoms with E-state index >= 15 is 0 Å². The fourth-order valence-electron chi connectivity index (χ4n) is 2.85. The van der Waals surface area contributed by atoms with Gasteiger partial charge in [-0.3, -0.25) is 0 Å². The van der Waals surface area contributed by atoms with E-state index in [4.69, 9.17) is 23.2 Å². The second kappa shape index (κ2) is 5.63. The van der Waals surface area contributed by atoms with Gasteiger partial charge < -0.3 is 5.32 Å². The average Bonchev–Trinajstić information content (AvgIpc) is 2.43. The highest BCUT2D eigenvalue weighted by Gasteiger charge is 2.21. The quantitative estimate of drug-likeness (QED) is 0.773. The van der Waals surface area contributed by atoms with Crippen molar-refractivity contribution in [2.24, 2.45) is 0 Å². The molecule has 104 valence electrons. The molecule has 0 bridgehead atoms. The van der Waals surface area contributed by atoms with Crippen molar-refractivity contribution in [2.75, 3.05) is 5.32 Å². The van der Waals surface area contributed by atoms with Gasteiger partial charge in [-0.2, -0.15) is 0 Å². The van der Waals surface area contributed by atoms with Crippen LogP contribution in [-0.4, -0.2) is 4.98 Å². The van der Waals surface area contributed by atoms with E-state index in [0.717, 1.165) is 24.1 Å². The van der Waals surface area contributed by atoms with E-state index in [0.29, 0.717) is 16.3 Å². The molecule has 1 heterocycles. The third-order valence-electron chi connectivity index (χ3n) is 3.83. The Kier molecular flexibility index (Phi) is 3.86. The lowest BCUT2D eigenvalue weighted by molar-refractivity contribution is 0.600. The number of aromatic nitrogens is 1. The Morgan fingerprint density at radius 1 is 1.25 bits per heavy atom. The van der Waals surface area contributed by atoms with Gasteiger partial charge in [0.25, 0.3) is 0 Å². The first-order valence-corrected chi connectivity index (χ1v) is 7.57. The predicted molar refractivity (Wildman–Crippen MR) is 84.7 cm³/mol. The fraction of sp³-hybridized carbons (Fsp3) is 0.312. The van der Waals surface area contributed by atoms with Crippen molar-refractivity contribution < 1.29 is 0 Å². The molecule has 1 aromatic heterocycles. The number of anilines is 1. The van der Waals surface area contributed by atoms with Crippen LogP contribution < -0.4 is 5.32 Å². The molecular weight excluding hydrogens is 291 g/mol. The maximum Gasteiger partial charge on any atom is 0.154 e. The first-order chi connectivity index (χ1) is 9.65. The first kappa shape index (κ1) is 13.7. The second-order valence-electron chi connectivity index (χ2n) is 5.22. The van der Waals surface area contributed by atoms with E-state index in [2.05, 4.69) is 34.6 Å². The molecule has 0 saturated heterocycles. The zero-order valence-electron chi connectivity index (χ0n) is 11.3. The topological polar surface area (TPSA) is 24.9 Å². The minimum Gasteiger partial charge on any atom is -0.376 e. The molecule has 2 aromatic rings. The van der Waals surface area contributed by atoms with Gasteiger partial charge in [-0.1, -0.05) is 47.5 Å². The van der Waals surface area contributed by atoms with E-state index in [-0.39, 0.29) is 0 Å². The molecule has 0 aliphatic heterocycles. The van der Waals surface area contributed by atoms with Crippen LogP contribution in [0.3, 0.4) is 0 Å². The van der Waals surface area contributed by atoms with Crippen LogP contribution in [0.1, 0.15) is 35.6 Å². The highest BCUT2D eigenvalue weighted by Crippen LogP contribution is 2.35. The number of nitrogens with one attached hydrogen (secondary N) is 1. The zero-order valence-corrected chi connectivity index (χ0v) is 12.8. The van der Waals surface area contributed by atoms with Crippen LogP contribution in [-0.2, 0) is 6.42 Å². The molecule has 1 aromatic carbocycles. The van der Waals surface area contributed by atoms with Crippen LogP contribution >= 0.6 is 23.2 Å². The second-order valence-corrected chi connectivity index (χ2v) is 5.96. The number of hydrogen-bond donors (Lipinski definition) is 1. The standard InChI is InChI=1S/C16H16Cl2N2/c1-10-9-14(17)20-16(18)15(10)19-13-8-4-6-11-5-2-3-7-12(11)13/h2-3,5,7,9,13,19H,4,6,8H2,1H3. The largest absolute Gasteiger partial charge is 0.376 e. The summed E-state index contributed by atoms with van der Waals surface area (Å²) in [5.74, 6) is 0. The van der Waals surface area contributed by atoms with Gasteiger partial charge in [0.2, 0.25) is 0 Å². The number of rotatable bonds is 2. The lowest BCUT2D eigenvalue weighted by Gasteiger charge is -2.28. The van der Waals surface area contributed by atoms with E-state index in [1.165, 1.54) is 17.5 Å². The molecule has 20 heavy (non-hydrogen) atoms. The smallest absolute Gasteiger partial charge is 0.154 e. The lowest BCUT2D eigenvalue weighted by Crippen LogP contribution is -2.18. The minimum absolute atomic E-state index is 0.291. The molecule has 1 unspecified atom stereocenters. The van der Waals surface area contributed by atoms with Crippen LogP contribution in [0.5, 0.6) is 0 Å². The maximum atomic E-state index is 6.22. The molecule has 0 saturated carbocycles. The Labute approximate surface area is 129 Å². The summed E-state index contributed by atoms with van der Waals surface area (Å²) in [4.78, 5) is 4.12. The molecule has 0 fully saturated rings. The molecule has 1 N–H and O–H groups in total. The van der Waals surface area contributed by atoms with Crippen LogP contribution in [0.2, 0.25) is 10.3 Å². The molecule has 3 rings (SSSR count). The summed E-state index contributed by atoms with van der Waals surface area (Å²) in [6, 6.07) is 10.7. The van der Waals surface area contributed by atoms with Gasteiger partial charge in [-0.15, -0.1) is 0 Å². The third kappa shape index (κ3) is 2.63. The number of pyridine rings is 1. The summed E-state index contributed by atoms with van der Waals surface area (Å²) in [5, 5.41) is 4.42. The maximum absolute atomic E-state index is 6.22. The Hall–Kier alpha value is -1.25. The van der Waals surface area contributed by atoms with Gasteiger partial charge in [0.1, 0.15) is 5.15 Å². The fourth-order valence-corrected chi connectivity index (χ4v) is 3.43.